The lowest BCUT2D eigenvalue weighted by Crippen LogP contribution is -2.41. The van der Waals surface area contributed by atoms with Gasteiger partial charge in [0.2, 0.25) is 5.91 Å². The van der Waals surface area contributed by atoms with Crippen molar-refractivity contribution in [1.82, 2.24) is 9.78 Å². The third kappa shape index (κ3) is 4.08. The van der Waals surface area contributed by atoms with E-state index in [4.69, 9.17) is 10.5 Å². The van der Waals surface area contributed by atoms with E-state index in [0.717, 1.165) is 4.90 Å². The van der Waals surface area contributed by atoms with Gasteiger partial charge in [-0.15, -0.1) is 0 Å². The van der Waals surface area contributed by atoms with E-state index in [9.17, 15) is 9.59 Å². The Labute approximate surface area is 105 Å². The molecule has 0 spiro atoms. The van der Waals surface area contributed by atoms with Gasteiger partial charge in [0.15, 0.2) is 0 Å². The van der Waals surface area contributed by atoms with Gasteiger partial charge in [0.05, 0.1) is 11.9 Å². The van der Waals surface area contributed by atoms with Gasteiger partial charge in [0.25, 0.3) is 0 Å². The molecule has 0 atom stereocenters. The predicted octanol–water partition coefficient (Wildman–Crippen LogP) is 0.647. The highest BCUT2D eigenvalue weighted by Crippen LogP contribution is 2.16. The highest BCUT2D eigenvalue weighted by molar-refractivity contribution is 5.94. The lowest BCUT2D eigenvalue weighted by molar-refractivity contribution is -0.116. The van der Waals surface area contributed by atoms with Gasteiger partial charge < -0.3 is 10.5 Å². The van der Waals surface area contributed by atoms with Gasteiger partial charge in [-0.2, -0.15) is 5.10 Å². The number of aromatic nitrogens is 2. The monoisotopic (exact) mass is 254 g/mol. The van der Waals surface area contributed by atoms with Gasteiger partial charge >= 0.3 is 6.09 Å². The normalized spacial score (nSPS) is 11.1. The van der Waals surface area contributed by atoms with Crippen molar-refractivity contribution in [1.29, 1.82) is 0 Å². The van der Waals surface area contributed by atoms with Crippen LogP contribution in [0.2, 0.25) is 0 Å². The Morgan fingerprint density at radius 1 is 1.50 bits per heavy atom. The minimum atomic E-state index is -0.644. The average molecular weight is 254 g/mol. The summed E-state index contributed by atoms with van der Waals surface area (Å²) in [5.41, 5.74) is 4.94. The van der Waals surface area contributed by atoms with Crippen molar-refractivity contribution >= 4 is 17.7 Å². The van der Waals surface area contributed by atoms with E-state index in [-0.39, 0.29) is 6.54 Å². The summed E-state index contributed by atoms with van der Waals surface area (Å²) in [5.74, 6) is -0.621. The van der Waals surface area contributed by atoms with Crippen molar-refractivity contribution in [2.24, 2.45) is 12.8 Å². The molecule has 1 heterocycles. The summed E-state index contributed by atoms with van der Waals surface area (Å²) >= 11 is 0. The number of nitrogens with two attached hydrogens (primary N) is 1. The van der Waals surface area contributed by atoms with Gasteiger partial charge in [-0.3, -0.25) is 14.4 Å². The average Bonchev–Trinajstić information content (AvgIpc) is 2.57. The Morgan fingerprint density at radius 3 is 2.50 bits per heavy atom. The first-order chi connectivity index (χ1) is 8.19. The molecule has 0 aliphatic carbocycles. The fraction of sp³-hybridized carbons (Fsp3) is 0.545. The number of amides is 2. The number of carbonyl (C=O) groups is 2. The summed E-state index contributed by atoms with van der Waals surface area (Å²) in [6.07, 6.45) is 2.44. The zero-order valence-electron chi connectivity index (χ0n) is 11.0. The van der Waals surface area contributed by atoms with Crippen LogP contribution in [0.4, 0.5) is 10.5 Å². The van der Waals surface area contributed by atoms with E-state index in [1.54, 1.807) is 34.0 Å². The lowest BCUT2D eigenvalue weighted by Gasteiger charge is -2.25. The fourth-order valence-electron chi connectivity index (χ4n) is 1.28. The minimum Gasteiger partial charge on any atom is -0.443 e. The molecule has 1 rings (SSSR count). The first kappa shape index (κ1) is 14.0. The molecular weight excluding hydrogens is 236 g/mol. The van der Waals surface area contributed by atoms with Crippen LogP contribution in [-0.4, -0.2) is 33.9 Å². The van der Waals surface area contributed by atoms with E-state index in [1.807, 2.05) is 0 Å². The second kappa shape index (κ2) is 5.07. The maximum Gasteiger partial charge on any atom is 0.415 e. The van der Waals surface area contributed by atoms with Gasteiger partial charge in [-0.1, -0.05) is 0 Å². The Bertz CT molecular complexity index is 447. The molecular formula is C11H18N4O3. The van der Waals surface area contributed by atoms with Crippen LogP contribution in [0.3, 0.4) is 0 Å². The maximum atomic E-state index is 12.0. The van der Waals surface area contributed by atoms with Crippen molar-refractivity contribution < 1.29 is 14.3 Å². The first-order valence-electron chi connectivity index (χ1n) is 5.46. The molecule has 0 unspecified atom stereocenters. The second-order valence-corrected chi connectivity index (χ2v) is 4.91. The summed E-state index contributed by atoms with van der Waals surface area (Å²) < 4.78 is 6.73. The highest BCUT2D eigenvalue weighted by Gasteiger charge is 2.25. The Kier molecular flexibility index (Phi) is 3.95. The summed E-state index contributed by atoms with van der Waals surface area (Å²) in [7, 11) is 1.71. The fourth-order valence-corrected chi connectivity index (χ4v) is 1.28. The number of primary amides is 1. The number of carbonyl (C=O) groups excluding carboxylic acids is 2. The number of hydrogen-bond acceptors (Lipinski definition) is 4. The summed E-state index contributed by atoms with van der Waals surface area (Å²) in [4.78, 5) is 24.1. The van der Waals surface area contributed by atoms with E-state index in [1.165, 1.54) is 10.9 Å². The Balaban J connectivity index is 2.91. The first-order valence-corrected chi connectivity index (χ1v) is 5.46. The lowest BCUT2D eigenvalue weighted by atomic mass is 10.2. The number of anilines is 1. The van der Waals surface area contributed by atoms with Crippen LogP contribution < -0.4 is 10.6 Å². The van der Waals surface area contributed by atoms with Gasteiger partial charge in [0.1, 0.15) is 12.1 Å². The molecule has 7 nitrogen and oxygen atoms in total. The molecule has 0 aliphatic rings. The molecule has 2 amide bonds. The van der Waals surface area contributed by atoms with Crippen LogP contribution in [-0.2, 0) is 16.6 Å². The summed E-state index contributed by atoms with van der Waals surface area (Å²) in [5, 5.41) is 3.94. The molecule has 0 radical (unpaired) electrons. The molecule has 100 valence electrons. The van der Waals surface area contributed by atoms with Crippen LogP contribution in [0.1, 0.15) is 20.8 Å². The molecule has 0 saturated heterocycles. The molecule has 0 aromatic carbocycles. The smallest absolute Gasteiger partial charge is 0.415 e. The van der Waals surface area contributed by atoms with Crippen LogP contribution in [0.15, 0.2) is 12.4 Å². The largest absolute Gasteiger partial charge is 0.443 e. The molecule has 0 bridgehead atoms. The molecule has 18 heavy (non-hydrogen) atoms. The third-order valence-corrected chi connectivity index (χ3v) is 1.93. The van der Waals surface area contributed by atoms with Gasteiger partial charge in [-0.05, 0) is 20.8 Å². The van der Waals surface area contributed by atoms with Crippen molar-refractivity contribution in [3.05, 3.63) is 12.4 Å². The maximum absolute atomic E-state index is 12.0. The van der Waals surface area contributed by atoms with E-state index in [0.29, 0.717) is 5.69 Å². The molecule has 2 N–H and O–H groups in total. The van der Waals surface area contributed by atoms with Gasteiger partial charge in [0, 0.05) is 13.2 Å². The Hall–Kier alpha value is -2.05. The van der Waals surface area contributed by atoms with Crippen molar-refractivity contribution in [3.8, 4) is 0 Å². The quantitative estimate of drug-likeness (QED) is 0.857. The summed E-state index contributed by atoms with van der Waals surface area (Å²) in [6.45, 7) is 4.99. The zero-order valence-corrected chi connectivity index (χ0v) is 11.0. The summed E-state index contributed by atoms with van der Waals surface area (Å²) in [6, 6.07) is 0. The van der Waals surface area contributed by atoms with E-state index >= 15 is 0 Å². The number of aryl methyl sites for hydroxylation is 1. The molecule has 0 aliphatic heterocycles. The molecule has 0 fully saturated rings. The number of hydrogen-bond donors (Lipinski definition) is 1. The standard InChI is InChI=1S/C11H18N4O3/c1-11(2,3)18-10(17)15(7-9(12)16)8-5-13-14(4)6-8/h5-6H,7H2,1-4H3,(H2,12,16). The van der Waals surface area contributed by atoms with Crippen molar-refractivity contribution in [2.75, 3.05) is 11.4 Å². The van der Waals surface area contributed by atoms with Crippen LogP contribution in [0, 0.1) is 0 Å². The van der Waals surface area contributed by atoms with Crippen molar-refractivity contribution in [2.45, 2.75) is 26.4 Å². The predicted molar refractivity (Wildman–Crippen MR) is 66.0 cm³/mol. The van der Waals surface area contributed by atoms with Crippen molar-refractivity contribution in [3.63, 3.8) is 0 Å². The van der Waals surface area contributed by atoms with E-state index < -0.39 is 17.6 Å². The van der Waals surface area contributed by atoms with Crippen LogP contribution >= 0.6 is 0 Å². The highest BCUT2D eigenvalue weighted by atomic mass is 16.6. The zero-order chi connectivity index (χ0) is 13.9. The molecule has 7 heteroatoms. The SMILES string of the molecule is Cn1cc(N(CC(N)=O)C(=O)OC(C)(C)C)cn1. The minimum absolute atomic E-state index is 0.249. The number of rotatable bonds is 3. The number of nitrogens with zero attached hydrogens (tertiary/aromatic N) is 3. The Morgan fingerprint density at radius 2 is 2.11 bits per heavy atom. The molecule has 1 aromatic rings. The molecule has 0 saturated carbocycles. The van der Waals surface area contributed by atoms with Crippen LogP contribution in [0.5, 0.6) is 0 Å². The topological polar surface area (TPSA) is 90.5 Å². The van der Waals surface area contributed by atoms with Crippen LogP contribution in [0.25, 0.3) is 0 Å². The third-order valence-electron chi connectivity index (χ3n) is 1.93. The molecule has 1 aromatic heterocycles. The number of ether oxygens (including phenoxy) is 1. The van der Waals surface area contributed by atoms with Gasteiger partial charge in [-0.25, -0.2) is 4.79 Å². The van der Waals surface area contributed by atoms with E-state index in [2.05, 4.69) is 5.10 Å². The second-order valence-electron chi connectivity index (χ2n) is 4.91.